The summed E-state index contributed by atoms with van der Waals surface area (Å²) in [5, 5.41) is 3.04. The van der Waals surface area contributed by atoms with E-state index in [2.05, 4.69) is 24.4 Å². The van der Waals surface area contributed by atoms with Gasteiger partial charge in [-0.3, -0.25) is 4.79 Å². The zero-order valence-electron chi connectivity index (χ0n) is 11.4. The molecule has 1 aromatic rings. The molecule has 2 nitrogen and oxygen atoms in total. The Bertz CT molecular complexity index is 406. The quantitative estimate of drug-likeness (QED) is 0.600. The van der Waals surface area contributed by atoms with E-state index in [0.717, 1.165) is 25.8 Å². The average Bonchev–Trinajstić information content (AvgIpc) is 3.24. The van der Waals surface area contributed by atoms with E-state index in [0.29, 0.717) is 17.7 Å². The largest absolute Gasteiger partial charge is 0.356 e. The fraction of sp³-hybridized carbons (Fsp3) is 0.562. The van der Waals surface area contributed by atoms with E-state index < -0.39 is 0 Å². The molecule has 1 amide bonds. The predicted molar refractivity (Wildman–Crippen MR) is 79.4 cm³/mol. The number of carbonyl (C=O) groups excluding carboxylic acids is 1. The first-order valence-electron chi connectivity index (χ1n) is 7.11. The molecule has 1 aliphatic carbocycles. The summed E-state index contributed by atoms with van der Waals surface area (Å²) in [7, 11) is 0. The molecule has 0 aliphatic heterocycles. The van der Waals surface area contributed by atoms with Crippen LogP contribution in [0.15, 0.2) is 30.3 Å². The van der Waals surface area contributed by atoms with Crippen LogP contribution in [0.25, 0.3) is 0 Å². The monoisotopic (exact) mass is 279 g/mol. The maximum Gasteiger partial charge on any atom is 0.223 e. The normalized spacial score (nSPS) is 22.8. The Balaban J connectivity index is 1.66. The first kappa shape index (κ1) is 14.4. The van der Waals surface area contributed by atoms with E-state index in [1.54, 1.807) is 0 Å². The average molecular weight is 280 g/mol. The fourth-order valence-corrected chi connectivity index (χ4v) is 2.58. The van der Waals surface area contributed by atoms with Crippen LogP contribution in [0.1, 0.15) is 37.7 Å². The third-order valence-corrected chi connectivity index (χ3v) is 4.32. The summed E-state index contributed by atoms with van der Waals surface area (Å²) in [5.41, 5.74) is 1.29. The van der Waals surface area contributed by atoms with Gasteiger partial charge in [0.1, 0.15) is 0 Å². The number of alkyl halides is 1. The molecular formula is C16H22ClNO. The zero-order valence-corrected chi connectivity index (χ0v) is 12.2. The number of hydrogen-bond acceptors (Lipinski definition) is 1. The molecular weight excluding hydrogens is 258 g/mol. The van der Waals surface area contributed by atoms with Crippen molar-refractivity contribution in [1.82, 2.24) is 5.32 Å². The number of carbonyl (C=O) groups is 1. The molecule has 1 N–H and O–H groups in total. The summed E-state index contributed by atoms with van der Waals surface area (Å²) in [6.45, 7) is 2.92. The SMILES string of the molecule is CC(CCl)CCCNC(=O)C1CC1c1ccccc1. The number of halogens is 1. The molecule has 0 spiro atoms. The Labute approximate surface area is 120 Å². The lowest BCUT2D eigenvalue weighted by atomic mass is 10.1. The van der Waals surface area contributed by atoms with Crippen LogP contribution >= 0.6 is 11.6 Å². The zero-order chi connectivity index (χ0) is 13.7. The second kappa shape index (κ2) is 6.95. The van der Waals surface area contributed by atoms with Gasteiger partial charge in [0, 0.05) is 18.3 Å². The van der Waals surface area contributed by atoms with Gasteiger partial charge in [-0.15, -0.1) is 11.6 Å². The van der Waals surface area contributed by atoms with Gasteiger partial charge in [-0.1, -0.05) is 37.3 Å². The predicted octanol–water partition coefficient (Wildman–Crippen LogP) is 3.56. The summed E-state index contributed by atoms with van der Waals surface area (Å²) in [4.78, 5) is 12.0. The third kappa shape index (κ3) is 4.24. The molecule has 0 radical (unpaired) electrons. The summed E-state index contributed by atoms with van der Waals surface area (Å²) in [6.07, 6.45) is 3.09. The molecule has 1 fully saturated rings. The first-order valence-corrected chi connectivity index (χ1v) is 7.64. The van der Waals surface area contributed by atoms with Crippen LogP contribution in [0, 0.1) is 11.8 Å². The topological polar surface area (TPSA) is 29.1 Å². The van der Waals surface area contributed by atoms with Gasteiger partial charge in [-0.05, 0) is 36.7 Å². The summed E-state index contributed by atoms with van der Waals surface area (Å²) < 4.78 is 0. The van der Waals surface area contributed by atoms with E-state index in [9.17, 15) is 4.79 Å². The fourth-order valence-electron chi connectivity index (χ4n) is 2.42. The van der Waals surface area contributed by atoms with Crippen LogP contribution in [0.4, 0.5) is 0 Å². The van der Waals surface area contributed by atoms with E-state index >= 15 is 0 Å². The van der Waals surface area contributed by atoms with Crippen LogP contribution in [0.5, 0.6) is 0 Å². The van der Waals surface area contributed by atoms with Crippen LogP contribution in [-0.4, -0.2) is 18.3 Å². The second-order valence-electron chi connectivity index (χ2n) is 5.55. The van der Waals surface area contributed by atoms with Gasteiger partial charge in [0.2, 0.25) is 5.91 Å². The Morgan fingerprint density at radius 1 is 1.42 bits per heavy atom. The van der Waals surface area contributed by atoms with Gasteiger partial charge in [0.15, 0.2) is 0 Å². The highest BCUT2D eigenvalue weighted by molar-refractivity contribution is 6.18. The van der Waals surface area contributed by atoms with Crippen molar-refractivity contribution in [3.8, 4) is 0 Å². The molecule has 19 heavy (non-hydrogen) atoms. The van der Waals surface area contributed by atoms with Crippen LogP contribution < -0.4 is 5.32 Å². The minimum absolute atomic E-state index is 0.188. The lowest BCUT2D eigenvalue weighted by Crippen LogP contribution is -2.26. The Hall–Kier alpha value is -1.02. The standard InChI is InChI=1S/C16H22ClNO/c1-12(11-17)6-5-9-18-16(19)15-10-14(15)13-7-3-2-4-8-13/h2-4,7-8,12,14-15H,5-6,9-11H2,1H3,(H,18,19). The van der Waals surface area contributed by atoms with Crippen molar-refractivity contribution in [3.05, 3.63) is 35.9 Å². The van der Waals surface area contributed by atoms with E-state index in [-0.39, 0.29) is 11.8 Å². The minimum atomic E-state index is 0.188. The lowest BCUT2D eigenvalue weighted by molar-refractivity contribution is -0.122. The molecule has 3 heteroatoms. The summed E-state index contributed by atoms with van der Waals surface area (Å²) in [6, 6.07) is 10.3. The van der Waals surface area contributed by atoms with Crippen molar-refractivity contribution in [2.75, 3.05) is 12.4 Å². The van der Waals surface area contributed by atoms with Crippen molar-refractivity contribution in [3.63, 3.8) is 0 Å². The molecule has 0 heterocycles. The minimum Gasteiger partial charge on any atom is -0.356 e. The second-order valence-corrected chi connectivity index (χ2v) is 5.86. The maximum absolute atomic E-state index is 12.0. The molecule has 2 rings (SSSR count). The van der Waals surface area contributed by atoms with Gasteiger partial charge in [-0.2, -0.15) is 0 Å². The number of amides is 1. The van der Waals surface area contributed by atoms with Crippen molar-refractivity contribution in [1.29, 1.82) is 0 Å². The number of rotatable bonds is 7. The van der Waals surface area contributed by atoms with Gasteiger partial charge < -0.3 is 5.32 Å². The number of hydrogen-bond donors (Lipinski definition) is 1. The van der Waals surface area contributed by atoms with Gasteiger partial charge in [0.05, 0.1) is 0 Å². The first-order chi connectivity index (χ1) is 9.22. The van der Waals surface area contributed by atoms with Crippen molar-refractivity contribution >= 4 is 17.5 Å². The smallest absolute Gasteiger partial charge is 0.223 e. The highest BCUT2D eigenvalue weighted by Crippen LogP contribution is 2.47. The highest BCUT2D eigenvalue weighted by atomic mass is 35.5. The van der Waals surface area contributed by atoms with Crippen LogP contribution in [0.3, 0.4) is 0 Å². The molecule has 104 valence electrons. The highest BCUT2D eigenvalue weighted by Gasteiger charge is 2.43. The van der Waals surface area contributed by atoms with Gasteiger partial charge >= 0.3 is 0 Å². The van der Waals surface area contributed by atoms with E-state index in [1.807, 2.05) is 18.2 Å². The van der Waals surface area contributed by atoms with E-state index in [1.165, 1.54) is 5.56 Å². The van der Waals surface area contributed by atoms with Gasteiger partial charge in [-0.25, -0.2) is 0 Å². The molecule has 3 unspecified atom stereocenters. The number of nitrogens with one attached hydrogen (secondary N) is 1. The molecule has 1 aliphatic rings. The maximum atomic E-state index is 12.0. The Morgan fingerprint density at radius 2 is 2.16 bits per heavy atom. The molecule has 0 aromatic heterocycles. The summed E-state index contributed by atoms with van der Waals surface area (Å²) in [5.74, 6) is 2.08. The van der Waals surface area contributed by atoms with Crippen molar-refractivity contribution < 1.29 is 4.79 Å². The molecule has 1 saturated carbocycles. The molecule has 3 atom stereocenters. The molecule has 1 aromatic carbocycles. The van der Waals surface area contributed by atoms with Crippen LogP contribution in [-0.2, 0) is 4.79 Å². The summed E-state index contributed by atoms with van der Waals surface area (Å²) >= 11 is 5.75. The lowest BCUT2D eigenvalue weighted by Gasteiger charge is -2.08. The molecule has 0 saturated heterocycles. The van der Waals surface area contributed by atoms with Crippen molar-refractivity contribution in [2.45, 2.75) is 32.1 Å². The van der Waals surface area contributed by atoms with Crippen molar-refractivity contribution in [2.24, 2.45) is 11.8 Å². The van der Waals surface area contributed by atoms with Crippen LogP contribution in [0.2, 0.25) is 0 Å². The third-order valence-electron chi connectivity index (χ3n) is 3.79. The Morgan fingerprint density at radius 3 is 2.84 bits per heavy atom. The number of benzene rings is 1. The van der Waals surface area contributed by atoms with E-state index in [4.69, 9.17) is 11.6 Å². The Kier molecular flexibility index (Phi) is 5.26. The van der Waals surface area contributed by atoms with Gasteiger partial charge in [0.25, 0.3) is 0 Å². The molecule has 0 bridgehead atoms.